The first-order valence-electron chi connectivity index (χ1n) is 4.41. The van der Waals surface area contributed by atoms with Gasteiger partial charge in [-0.15, -0.1) is 0 Å². The third-order valence-electron chi connectivity index (χ3n) is 2.25. The summed E-state index contributed by atoms with van der Waals surface area (Å²) in [5, 5.41) is 0. The van der Waals surface area contributed by atoms with Gasteiger partial charge in [0.05, 0.1) is 13.2 Å². The van der Waals surface area contributed by atoms with Crippen molar-refractivity contribution in [1.29, 1.82) is 0 Å². The van der Waals surface area contributed by atoms with Crippen LogP contribution in [0.1, 0.15) is 20.3 Å². The minimum absolute atomic E-state index is 0.0322. The fourth-order valence-corrected chi connectivity index (χ4v) is 1.97. The molecule has 1 saturated heterocycles. The highest BCUT2D eigenvalue weighted by molar-refractivity contribution is 14.1. The Kier molecular flexibility index (Phi) is 4.88. The van der Waals surface area contributed by atoms with Gasteiger partial charge in [0.15, 0.2) is 0 Å². The van der Waals surface area contributed by atoms with Crippen molar-refractivity contribution in [3.8, 4) is 0 Å². The van der Waals surface area contributed by atoms with Crippen LogP contribution in [0.4, 0.5) is 0 Å². The molecule has 1 aliphatic rings. The Morgan fingerprint density at radius 3 is 2.62 bits per heavy atom. The molecule has 13 heavy (non-hydrogen) atoms. The molecule has 1 unspecified atom stereocenters. The maximum absolute atomic E-state index is 5.26. The summed E-state index contributed by atoms with van der Waals surface area (Å²) in [6.45, 7) is 5.19. The predicted molar refractivity (Wildman–Crippen MR) is 57.2 cm³/mol. The molecule has 1 aliphatic heterocycles. The van der Waals surface area contributed by atoms with Gasteiger partial charge in [0, 0.05) is 19.0 Å². The van der Waals surface area contributed by atoms with E-state index in [4.69, 9.17) is 12.8 Å². The van der Waals surface area contributed by atoms with E-state index in [2.05, 4.69) is 18.7 Å². The summed E-state index contributed by atoms with van der Waals surface area (Å²) in [6, 6.07) is 0.455. The largest absolute Gasteiger partial charge is 0.311 e. The molecule has 0 aromatic carbocycles. The van der Waals surface area contributed by atoms with Crippen LogP contribution in [0.25, 0.3) is 0 Å². The smallest absolute Gasteiger partial charge is 0.149 e. The lowest BCUT2D eigenvalue weighted by Crippen LogP contribution is -2.37. The SMILES string of the molecule is COOC1C[C@@H](OI)CN1C(C)C. The average Bonchev–Trinajstić information content (AvgIpc) is 2.48. The zero-order valence-electron chi connectivity index (χ0n) is 8.20. The molecule has 0 aromatic heterocycles. The van der Waals surface area contributed by atoms with Gasteiger partial charge in [-0.2, -0.15) is 0 Å². The van der Waals surface area contributed by atoms with Crippen molar-refractivity contribution in [3.63, 3.8) is 0 Å². The summed E-state index contributed by atoms with van der Waals surface area (Å²) in [5.74, 6) is 0. The van der Waals surface area contributed by atoms with Crippen LogP contribution in [-0.4, -0.2) is 36.9 Å². The second-order valence-electron chi connectivity index (χ2n) is 3.45. The molecule has 1 rings (SSSR count). The molecule has 2 atom stereocenters. The summed E-state index contributed by atoms with van der Waals surface area (Å²) in [4.78, 5) is 12.1. The summed E-state index contributed by atoms with van der Waals surface area (Å²) in [5.41, 5.74) is 0. The molecule has 78 valence electrons. The third kappa shape index (κ3) is 3.02. The molecule has 0 aliphatic carbocycles. The highest BCUT2D eigenvalue weighted by atomic mass is 127. The van der Waals surface area contributed by atoms with Gasteiger partial charge in [0.25, 0.3) is 0 Å². The fourth-order valence-electron chi connectivity index (χ4n) is 1.60. The molecule has 4 nitrogen and oxygen atoms in total. The molecule has 1 heterocycles. The lowest BCUT2D eigenvalue weighted by atomic mass is 10.3. The Balaban J connectivity index is 2.49. The van der Waals surface area contributed by atoms with Gasteiger partial charge in [0.2, 0.25) is 0 Å². The lowest BCUT2D eigenvalue weighted by Gasteiger charge is -2.25. The summed E-state index contributed by atoms with van der Waals surface area (Å²) >= 11 is 1.94. The zero-order valence-corrected chi connectivity index (χ0v) is 10.4. The van der Waals surface area contributed by atoms with Crippen LogP contribution in [0.3, 0.4) is 0 Å². The molecule has 0 radical (unpaired) electrons. The summed E-state index contributed by atoms with van der Waals surface area (Å²) in [7, 11) is 1.54. The molecule has 0 N–H and O–H groups in total. The molecule has 0 saturated carbocycles. The fraction of sp³-hybridized carbons (Fsp3) is 1.00. The van der Waals surface area contributed by atoms with Gasteiger partial charge >= 0.3 is 0 Å². The second kappa shape index (κ2) is 5.45. The van der Waals surface area contributed by atoms with Crippen molar-refractivity contribution in [2.75, 3.05) is 13.7 Å². The Bertz CT molecular complexity index is 156. The minimum atomic E-state index is 0.0322. The van der Waals surface area contributed by atoms with E-state index in [1.165, 1.54) is 7.11 Å². The lowest BCUT2D eigenvalue weighted by molar-refractivity contribution is -0.331. The van der Waals surface area contributed by atoms with Crippen LogP contribution in [-0.2, 0) is 12.8 Å². The quantitative estimate of drug-likeness (QED) is 0.450. The first kappa shape index (κ1) is 11.6. The van der Waals surface area contributed by atoms with Crippen molar-refractivity contribution in [3.05, 3.63) is 0 Å². The molecular weight excluding hydrogens is 285 g/mol. The number of halogens is 1. The molecule has 0 aromatic rings. The van der Waals surface area contributed by atoms with E-state index in [1.54, 1.807) is 0 Å². The first-order valence-corrected chi connectivity index (χ1v) is 5.29. The minimum Gasteiger partial charge on any atom is -0.311 e. The van der Waals surface area contributed by atoms with Gasteiger partial charge in [0.1, 0.15) is 29.2 Å². The van der Waals surface area contributed by atoms with Crippen molar-refractivity contribution < 1.29 is 12.8 Å². The van der Waals surface area contributed by atoms with E-state index in [9.17, 15) is 0 Å². The highest BCUT2D eigenvalue weighted by Crippen LogP contribution is 2.24. The standard InChI is InChI=1S/C8H16INO3/c1-6(2)10-5-7(12-9)4-8(10)13-11-3/h6-8H,4-5H2,1-3H3/t7-,8?/m1/s1. The van der Waals surface area contributed by atoms with E-state index in [1.807, 2.05) is 23.0 Å². The number of likely N-dealkylation sites (tertiary alicyclic amines) is 1. The van der Waals surface area contributed by atoms with Gasteiger partial charge in [-0.3, -0.25) is 4.90 Å². The van der Waals surface area contributed by atoms with E-state index in [0.717, 1.165) is 13.0 Å². The van der Waals surface area contributed by atoms with Crippen LogP contribution in [0.5, 0.6) is 0 Å². The summed E-state index contributed by atoms with van der Waals surface area (Å²) < 4.78 is 5.26. The molecule has 1 fully saturated rings. The van der Waals surface area contributed by atoms with Crippen LogP contribution in [0.15, 0.2) is 0 Å². The Labute approximate surface area is 93.1 Å². The molecular formula is C8H16INO3. The molecule has 5 heteroatoms. The van der Waals surface area contributed by atoms with Gasteiger partial charge in [-0.25, -0.2) is 9.78 Å². The highest BCUT2D eigenvalue weighted by Gasteiger charge is 2.35. The number of rotatable bonds is 4. The third-order valence-corrected chi connectivity index (χ3v) is 2.96. The van der Waals surface area contributed by atoms with Crippen LogP contribution in [0.2, 0.25) is 0 Å². The predicted octanol–water partition coefficient (Wildman–Crippen LogP) is 1.74. The van der Waals surface area contributed by atoms with Crippen molar-refractivity contribution in [2.45, 2.75) is 38.6 Å². The van der Waals surface area contributed by atoms with E-state index < -0.39 is 0 Å². The van der Waals surface area contributed by atoms with Crippen molar-refractivity contribution in [1.82, 2.24) is 4.90 Å². The van der Waals surface area contributed by atoms with Crippen LogP contribution in [0, 0.1) is 0 Å². The monoisotopic (exact) mass is 301 g/mol. The van der Waals surface area contributed by atoms with Gasteiger partial charge in [-0.05, 0) is 13.8 Å². The van der Waals surface area contributed by atoms with Crippen LogP contribution >= 0.6 is 23.0 Å². The summed E-state index contributed by atoms with van der Waals surface area (Å²) in [6.07, 6.45) is 1.16. The Hall–Kier alpha value is 0.570. The van der Waals surface area contributed by atoms with E-state index >= 15 is 0 Å². The van der Waals surface area contributed by atoms with Crippen LogP contribution < -0.4 is 0 Å². The van der Waals surface area contributed by atoms with Crippen molar-refractivity contribution in [2.24, 2.45) is 0 Å². The maximum atomic E-state index is 5.26. The van der Waals surface area contributed by atoms with Crippen molar-refractivity contribution >= 4 is 23.0 Å². The maximum Gasteiger partial charge on any atom is 0.149 e. The number of hydrogen-bond acceptors (Lipinski definition) is 4. The topological polar surface area (TPSA) is 30.9 Å². The average molecular weight is 301 g/mol. The number of nitrogens with zero attached hydrogens (tertiary/aromatic N) is 1. The number of hydrogen-bond donors (Lipinski definition) is 0. The normalized spacial score (nSPS) is 30.2. The molecule has 0 spiro atoms. The molecule has 0 bridgehead atoms. The van der Waals surface area contributed by atoms with Gasteiger partial charge < -0.3 is 3.07 Å². The molecule has 0 amide bonds. The zero-order chi connectivity index (χ0) is 9.84. The first-order chi connectivity index (χ1) is 6.19. The Morgan fingerprint density at radius 2 is 2.15 bits per heavy atom. The second-order valence-corrected chi connectivity index (χ2v) is 3.96. The van der Waals surface area contributed by atoms with E-state index in [-0.39, 0.29) is 12.3 Å². The van der Waals surface area contributed by atoms with Gasteiger partial charge in [-0.1, -0.05) is 0 Å². The Morgan fingerprint density at radius 1 is 1.46 bits per heavy atom. The van der Waals surface area contributed by atoms with E-state index in [0.29, 0.717) is 6.04 Å².